The molecule has 2 N–H and O–H groups in total. The first-order valence-corrected chi connectivity index (χ1v) is 19.0. The van der Waals surface area contributed by atoms with Gasteiger partial charge < -0.3 is 33.9 Å². The fourth-order valence-electron chi connectivity index (χ4n) is 5.16. The molecule has 1 aliphatic heterocycles. The molecule has 17 nitrogen and oxygen atoms in total. The number of nitrogens with zero attached hydrogens (tertiary/aromatic N) is 4. The second kappa shape index (κ2) is 16.2. The number of carbonyl (C=O) groups is 3. The number of anilines is 1. The Morgan fingerprint density at radius 2 is 1.58 bits per heavy atom. The molecule has 0 bridgehead atoms. The predicted octanol–water partition coefficient (Wildman–Crippen LogP) is 6.38. The fraction of sp³-hybridized carbons (Fsp3) is 0.568. The molecule has 2 aromatic heterocycles. The lowest BCUT2D eigenvalue weighted by molar-refractivity contribution is -0.179. The number of hydrogen-bond donors (Lipinski definition) is 1. The smallest absolute Gasteiger partial charge is 0.455 e. The predicted molar refractivity (Wildman–Crippen MR) is 196 cm³/mol. The number of esters is 2. The molecule has 1 fully saturated rings. The van der Waals surface area contributed by atoms with Crippen LogP contribution in [0.1, 0.15) is 87.4 Å². The summed E-state index contributed by atoms with van der Waals surface area (Å²) >= 11 is 0. The third kappa shape index (κ3) is 10.1. The first-order chi connectivity index (χ1) is 25.4. The van der Waals surface area contributed by atoms with Crippen LogP contribution < -0.4 is 10.3 Å². The second-order valence-electron chi connectivity index (χ2n) is 16.3. The van der Waals surface area contributed by atoms with Crippen molar-refractivity contribution in [3.8, 4) is 11.8 Å². The van der Waals surface area contributed by atoms with Crippen molar-refractivity contribution < 1.29 is 56.2 Å². The average Bonchev–Trinajstić information content (AvgIpc) is 3.63. The Balaban J connectivity index is 1.79. The number of hydrogen-bond acceptors (Lipinski definition) is 16. The lowest BCUT2D eigenvalue weighted by Gasteiger charge is -2.31. The van der Waals surface area contributed by atoms with Crippen molar-refractivity contribution >= 4 is 37.3 Å². The van der Waals surface area contributed by atoms with Crippen molar-refractivity contribution in [3.63, 3.8) is 0 Å². The van der Waals surface area contributed by atoms with Gasteiger partial charge in [0.2, 0.25) is 12.4 Å². The van der Waals surface area contributed by atoms with Gasteiger partial charge in [0.05, 0.1) is 29.2 Å². The summed E-state index contributed by atoms with van der Waals surface area (Å²) in [5, 5.41) is 15.2. The van der Waals surface area contributed by atoms with Gasteiger partial charge >= 0.3 is 25.9 Å². The first-order valence-electron chi connectivity index (χ1n) is 17.5. The Kier molecular flexibility index (Phi) is 12.6. The van der Waals surface area contributed by atoms with E-state index in [4.69, 9.17) is 43.0 Å². The van der Waals surface area contributed by atoms with Gasteiger partial charge in [-0.3, -0.25) is 14.1 Å². The van der Waals surface area contributed by atoms with E-state index in [0.717, 1.165) is 11.9 Å². The Morgan fingerprint density at radius 3 is 2.15 bits per heavy atom. The summed E-state index contributed by atoms with van der Waals surface area (Å²) in [5.74, 6) is -1.34. The fourth-order valence-corrected chi connectivity index (χ4v) is 6.23. The Bertz CT molecular complexity index is 1960. The van der Waals surface area contributed by atoms with Crippen LogP contribution in [0.25, 0.3) is 5.52 Å². The number of nitriles is 1. The Morgan fingerprint density at radius 1 is 0.964 bits per heavy atom. The van der Waals surface area contributed by atoms with E-state index in [0.29, 0.717) is 5.52 Å². The van der Waals surface area contributed by atoms with Crippen molar-refractivity contribution in [3.05, 3.63) is 54.0 Å². The van der Waals surface area contributed by atoms with Crippen LogP contribution in [0.3, 0.4) is 0 Å². The molecule has 18 heteroatoms. The van der Waals surface area contributed by atoms with Crippen LogP contribution in [0, 0.1) is 22.2 Å². The van der Waals surface area contributed by atoms with Gasteiger partial charge in [0.25, 0.3) is 0 Å². The highest BCUT2D eigenvalue weighted by Gasteiger charge is 2.63. The van der Waals surface area contributed by atoms with E-state index in [1.807, 2.05) is 20.8 Å². The zero-order chi connectivity index (χ0) is 41.1. The summed E-state index contributed by atoms with van der Waals surface area (Å²) in [6.07, 6.45) is -5.10. The van der Waals surface area contributed by atoms with Gasteiger partial charge in [0.1, 0.15) is 29.8 Å². The van der Waals surface area contributed by atoms with E-state index in [1.165, 1.54) is 10.6 Å². The van der Waals surface area contributed by atoms with E-state index in [-0.39, 0.29) is 22.7 Å². The molecule has 0 amide bonds. The van der Waals surface area contributed by atoms with E-state index in [9.17, 15) is 24.2 Å². The minimum Gasteiger partial charge on any atom is -0.455 e. The van der Waals surface area contributed by atoms with Crippen molar-refractivity contribution in [2.75, 3.05) is 19.1 Å². The number of nitrogen functional groups attached to an aromatic ring is 1. The van der Waals surface area contributed by atoms with Crippen LogP contribution in [-0.2, 0) is 57.9 Å². The highest BCUT2D eigenvalue weighted by molar-refractivity contribution is 7.48. The van der Waals surface area contributed by atoms with Gasteiger partial charge in [0.15, 0.2) is 18.0 Å². The molecule has 0 aliphatic carbocycles. The summed E-state index contributed by atoms with van der Waals surface area (Å²) < 4.78 is 60.9. The van der Waals surface area contributed by atoms with Crippen molar-refractivity contribution in [1.82, 2.24) is 14.6 Å². The van der Waals surface area contributed by atoms with Crippen LogP contribution in [0.5, 0.6) is 5.75 Å². The first kappa shape index (κ1) is 43.0. The number of nitrogens with two attached hydrogens (primary N) is 1. The van der Waals surface area contributed by atoms with E-state index in [2.05, 4.69) is 16.2 Å². The molecule has 0 radical (unpaired) electrons. The third-order valence-corrected chi connectivity index (χ3v) is 9.51. The molecule has 1 aliphatic rings. The van der Waals surface area contributed by atoms with Gasteiger partial charge in [-0.25, -0.2) is 23.4 Å². The monoisotopic (exact) mass is 787 g/mol. The largest absolute Gasteiger partial charge is 0.533 e. The van der Waals surface area contributed by atoms with Gasteiger partial charge in [-0.05, 0) is 90.6 Å². The molecule has 300 valence electrons. The molecule has 1 saturated heterocycles. The lowest BCUT2D eigenvalue weighted by atomic mass is 9.87. The number of rotatable bonds is 12. The molecular weight excluding hydrogens is 737 g/mol. The quantitative estimate of drug-likeness (QED) is 0.0910. The summed E-state index contributed by atoms with van der Waals surface area (Å²) in [6, 6.07) is 11.8. The van der Waals surface area contributed by atoms with Crippen molar-refractivity contribution in [2.45, 2.75) is 112 Å². The third-order valence-electron chi connectivity index (χ3n) is 8.19. The molecule has 0 saturated carbocycles. The van der Waals surface area contributed by atoms with Crippen LogP contribution in [0.2, 0.25) is 0 Å². The summed E-state index contributed by atoms with van der Waals surface area (Å²) in [5.41, 5.74) is 2.82. The minimum absolute atomic E-state index is 0.0526. The number of fused-ring (bicyclic) bond motifs is 1. The van der Waals surface area contributed by atoms with Crippen LogP contribution in [-0.4, -0.2) is 70.5 Å². The maximum Gasteiger partial charge on any atom is 0.533 e. The van der Waals surface area contributed by atoms with Crippen LogP contribution >= 0.6 is 7.82 Å². The number of phosphoric acid groups is 1. The molecule has 5 atom stereocenters. The van der Waals surface area contributed by atoms with E-state index < -0.39 is 80.2 Å². The molecule has 3 heterocycles. The van der Waals surface area contributed by atoms with Gasteiger partial charge in [-0.1, -0.05) is 32.9 Å². The molecule has 3 aromatic rings. The van der Waals surface area contributed by atoms with Gasteiger partial charge in [-0.15, -0.1) is 0 Å². The number of phosphoric ester groups is 1. The second-order valence-corrected chi connectivity index (χ2v) is 17.9. The molecule has 55 heavy (non-hydrogen) atoms. The topological polar surface area (TPSA) is 222 Å². The highest BCUT2D eigenvalue weighted by atomic mass is 31.2. The van der Waals surface area contributed by atoms with Crippen LogP contribution in [0.4, 0.5) is 10.6 Å². The SMILES string of the molecule is CC(C)OC(=O)OCO[P@](=O)(OC[C@H]1O[C@@](C#N)(c2ccc3c(N)ncnn23)[C@H](OC(=O)C(C)(C)C)[C@@H]1OC(=O)C(C)(C)C)Oc1ccc(C(C)(C)C)cc1. The Hall–Kier alpha value is -4.75. The van der Waals surface area contributed by atoms with Gasteiger partial charge in [-0.2, -0.15) is 10.4 Å². The van der Waals surface area contributed by atoms with E-state index in [1.54, 1.807) is 85.7 Å². The highest BCUT2D eigenvalue weighted by Crippen LogP contribution is 2.52. The summed E-state index contributed by atoms with van der Waals surface area (Å²) in [6.45, 7) is 17.3. The lowest BCUT2D eigenvalue weighted by Crippen LogP contribution is -2.48. The number of aromatic nitrogens is 3. The normalized spacial score (nSPS) is 21.4. The zero-order valence-corrected chi connectivity index (χ0v) is 33.9. The molecular formula is C37H50N5O12P. The van der Waals surface area contributed by atoms with Crippen LogP contribution in [0.15, 0.2) is 42.7 Å². The van der Waals surface area contributed by atoms with E-state index >= 15 is 0 Å². The number of carbonyl (C=O) groups excluding carboxylic acids is 3. The van der Waals surface area contributed by atoms with Gasteiger partial charge in [0, 0.05) is 0 Å². The zero-order valence-electron chi connectivity index (χ0n) is 33.0. The Labute approximate surface area is 320 Å². The summed E-state index contributed by atoms with van der Waals surface area (Å²) in [4.78, 5) is 43.1. The number of ether oxygens (including phenoxy) is 5. The average molecular weight is 788 g/mol. The maximum absolute atomic E-state index is 14.3. The minimum atomic E-state index is -4.75. The standard InChI is InChI=1S/C37H50N5O12P/c1-22(2)50-33(45)47-21-49-55(46,54-24-14-12-23(13-15-24)34(3,4)5)48-18-26-28(51-31(43)35(6,7)8)29(52-32(44)36(9,10)11)37(19-38,53-26)27-17-16-25-30(39)40-20-41-42(25)27/h12-17,20,22,26,28-29H,18,21H2,1-11H3,(H2,39,40,41)/t26-,28-,29-,37+,55+/m1/s1. The molecule has 4 rings (SSSR count). The molecule has 1 aromatic carbocycles. The molecule has 0 spiro atoms. The van der Waals surface area contributed by atoms with Crippen molar-refractivity contribution in [1.29, 1.82) is 5.26 Å². The maximum atomic E-state index is 14.3. The summed E-state index contributed by atoms with van der Waals surface area (Å²) in [7, 11) is -4.75. The van der Waals surface area contributed by atoms with Crippen molar-refractivity contribution in [2.24, 2.45) is 10.8 Å². The number of benzene rings is 1. The molecule has 0 unspecified atom stereocenters.